The van der Waals surface area contributed by atoms with Gasteiger partial charge in [-0.05, 0) is 43.4 Å². The molecule has 1 aliphatic rings. The summed E-state index contributed by atoms with van der Waals surface area (Å²) in [6.45, 7) is 3.84. The van der Waals surface area contributed by atoms with Crippen LogP contribution >= 0.6 is 0 Å². The molecule has 1 atom stereocenters. The fraction of sp³-hybridized carbons (Fsp3) is 0.400. The number of pyridine rings is 1. The number of aromatic nitrogens is 1. The zero-order valence-corrected chi connectivity index (χ0v) is 14.5. The molecule has 1 saturated heterocycles. The molecule has 132 valence electrons. The van der Waals surface area contributed by atoms with E-state index in [9.17, 15) is 9.90 Å². The van der Waals surface area contributed by atoms with Crippen molar-refractivity contribution in [3.8, 4) is 0 Å². The lowest BCUT2D eigenvalue weighted by Gasteiger charge is -2.35. The van der Waals surface area contributed by atoms with E-state index in [-0.39, 0.29) is 11.9 Å². The minimum Gasteiger partial charge on any atom is -0.462 e. The normalized spacial score (nSPS) is 16.5. The second kappa shape index (κ2) is 8.12. The van der Waals surface area contributed by atoms with Crippen LogP contribution in [-0.4, -0.2) is 35.8 Å². The highest BCUT2D eigenvalue weighted by Gasteiger charge is 2.26. The zero-order chi connectivity index (χ0) is 17.6. The number of hydrogen-bond acceptors (Lipinski definition) is 5. The number of anilines is 1. The van der Waals surface area contributed by atoms with Gasteiger partial charge in [-0.3, -0.25) is 0 Å². The minimum atomic E-state index is -0.414. The highest BCUT2D eigenvalue weighted by molar-refractivity contribution is 5.89. The molecule has 1 N–H and O–H groups in total. The first kappa shape index (κ1) is 17.4. The van der Waals surface area contributed by atoms with Gasteiger partial charge in [0.25, 0.3) is 0 Å². The van der Waals surface area contributed by atoms with E-state index >= 15 is 0 Å². The third-order valence-electron chi connectivity index (χ3n) is 4.71. The summed E-state index contributed by atoms with van der Waals surface area (Å²) in [6, 6.07) is 13.5. The summed E-state index contributed by atoms with van der Waals surface area (Å²) < 4.78 is 4.98. The molecule has 0 spiro atoms. The van der Waals surface area contributed by atoms with Crippen LogP contribution in [0.5, 0.6) is 0 Å². The average Bonchev–Trinajstić information content (AvgIpc) is 2.68. The molecule has 0 bridgehead atoms. The van der Waals surface area contributed by atoms with Gasteiger partial charge < -0.3 is 14.7 Å². The highest BCUT2D eigenvalue weighted by atomic mass is 16.5. The number of aliphatic hydroxyl groups is 1. The molecular weight excluding hydrogens is 316 g/mol. The van der Waals surface area contributed by atoms with Gasteiger partial charge in [0.1, 0.15) is 5.82 Å². The van der Waals surface area contributed by atoms with Crippen LogP contribution in [0.3, 0.4) is 0 Å². The fourth-order valence-corrected chi connectivity index (χ4v) is 3.27. The Kier molecular flexibility index (Phi) is 5.66. The molecule has 2 heterocycles. The second-order valence-corrected chi connectivity index (χ2v) is 6.31. The summed E-state index contributed by atoms with van der Waals surface area (Å²) >= 11 is 0. The monoisotopic (exact) mass is 340 g/mol. The molecule has 2 aromatic rings. The second-order valence-electron chi connectivity index (χ2n) is 6.31. The lowest BCUT2D eigenvalue weighted by atomic mass is 9.87. The molecule has 0 aliphatic carbocycles. The SMILES string of the molecule is CCOC(=O)c1ccc(N2CCC([C@H](O)c3ccccc3)CC2)nc1. The van der Waals surface area contributed by atoms with Crippen molar-refractivity contribution >= 4 is 11.8 Å². The van der Waals surface area contributed by atoms with Crippen molar-refractivity contribution in [2.24, 2.45) is 5.92 Å². The van der Waals surface area contributed by atoms with Gasteiger partial charge >= 0.3 is 5.97 Å². The van der Waals surface area contributed by atoms with E-state index in [1.165, 1.54) is 0 Å². The number of carbonyl (C=O) groups excluding carboxylic acids is 1. The topological polar surface area (TPSA) is 62.7 Å². The number of piperidine rings is 1. The predicted molar refractivity (Wildman–Crippen MR) is 96.5 cm³/mol. The zero-order valence-electron chi connectivity index (χ0n) is 14.5. The molecule has 0 saturated carbocycles. The molecule has 0 amide bonds. The predicted octanol–water partition coefficient (Wildman–Crippen LogP) is 3.21. The van der Waals surface area contributed by atoms with Gasteiger partial charge in [0.05, 0.1) is 18.3 Å². The van der Waals surface area contributed by atoms with Crippen LogP contribution < -0.4 is 4.90 Å². The smallest absolute Gasteiger partial charge is 0.339 e. The quantitative estimate of drug-likeness (QED) is 0.847. The van der Waals surface area contributed by atoms with Gasteiger partial charge in [-0.15, -0.1) is 0 Å². The average molecular weight is 340 g/mol. The van der Waals surface area contributed by atoms with E-state index in [2.05, 4.69) is 9.88 Å². The Morgan fingerprint density at radius 2 is 1.96 bits per heavy atom. The minimum absolute atomic E-state index is 0.262. The Balaban J connectivity index is 1.58. The molecule has 25 heavy (non-hydrogen) atoms. The van der Waals surface area contributed by atoms with Gasteiger partial charge in [0.15, 0.2) is 0 Å². The molecule has 1 fully saturated rings. The fourth-order valence-electron chi connectivity index (χ4n) is 3.27. The number of esters is 1. The lowest BCUT2D eigenvalue weighted by molar-refractivity contribution is 0.0526. The van der Waals surface area contributed by atoms with E-state index in [4.69, 9.17) is 4.74 Å². The largest absolute Gasteiger partial charge is 0.462 e. The summed E-state index contributed by atoms with van der Waals surface area (Å²) in [7, 11) is 0. The maximum atomic E-state index is 11.7. The van der Waals surface area contributed by atoms with Crippen LogP contribution in [0.4, 0.5) is 5.82 Å². The van der Waals surface area contributed by atoms with E-state index in [1.807, 2.05) is 36.4 Å². The Morgan fingerprint density at radius 3 is 2.56 bits per heavy atom. The number of nitrogens with zero attached hydrogens (tertiary/aromatic N) is 2. The van der Waals surface area contributed by atoms with Crippen LogP contribution in [-0.2, 0) is 4.74 Å². The number of benzene rings is 1. The van der Waals surface area contributed by atoms with Crippen molar-refractivity contribution in [3.63, 3.8) is 0 Å². The van der Waals surface area contributed by atoms with E-state index in [0.717, 1.165) is 37.3 Å². The third kappa shape index (κ3) is 4.17. The maximum absolute atomic E-state index is 11.7. The van der Waals surface area contributed by atoms with Gasteiger partial charge in [-0.1, -0.05) is 30.3 Å². The summed E-state index contributed by atoms with van der Waals surface area (Å²) in [6.07, 6.45) is 2.98. The Hall–Kier alpha value is -2.40. The van der Waals surface area contributed by atoms with Gasteiger partial charge in [0, 0.05) is 19.3 Å². The third-order valence-corrected chi connectivity index (χ3v) is 4.71. The number of aliphatic hydroxyl groups excluding tert-OH is 1. The van der Waals surface area contributed by atoms with E-state index in [1.54, 1.807) is 19.2 Å². The van der Waals surface area contributed by atoms with Gasteiger partial charge in [-0.2, -0.15) is 0 Å². The van der Waals surface area contributed by atoms with Crippen LogP contribution in [0, 0.1) is 5.92 Å². The van der Waals surface area contributed by atoms with Gasteiger partial charge in [0.2, 0.25) is 0 Å². The summed E-state index contributed by atoms with van der Waals surface area (Å²) in [4.78, 5) is 18.3. The Labute approximate surface area is 148 Å². The van der Waals surface area contributed by atoms with Crippen LogP contribution in [0.2, 0.25) is 0 Å². The van der Waals surface area contributed by atoms with Crippen molar-refractivity contribution in [1.29, 1.82) is 0 Å². The molecule has 1 aromatic heterocycles. The molecular formula is C20H24N2O3. The lowest BCUT2D eigenvalue weighted by Crippen LogP contribution is -2.36. The van der Waals surface area contributed by atoms with Crippen molar-refractivity contribution in [2.45, 2.75) is 25.9 Å². The number of ether oxygens (including phenoxy) is 1. The molecule has 5 heteroatoms. The summed E-state index contributed by atoms with van der Waals surface area (Å²) in [5.74, 6) is 0.782. The molecule has 3 rings (SSSR count). The molecule has 0 radical (unpaired) electrons. The van der Waals surface area contributed by atoms with Crippen LogP contribution in [0.1, 0.15) is 41.8 Å². The first-order chi connectivity index (χ1) is 12.2. The number of carbonyl (C=O) groups is 1. The van der Waals surface area contributed by atoms with Crippen molar-refractivity contribution in [2.75, 3.05) is 24.6 Å². The van der Waals surface area contributed by atoms with E-state index < -0.39 is 6.10 Å². The standard InChI is InChI=1S/C20H24N2O3/c1-2-25-20(24)17-8-9-18(21-14-17)22-12-10-16(11-13-22)19(23)15-6-4-3-5-7-15/h3-9,14,16,19,23H,2,10-13H2,1H3/t19-/m1/s1. The molecule has 5 nitrogen and oxygen atoms in total. The molecule has 0 unspecified atom stereocenters. The van der Waals surface area contributed by atoms with Crippen molar-refractivity contribution in [3.05, 3.63) is 59.8 Å². The Morgan fingerprint density at radius 1 is 1.24 bits per heavy atom. The van der Waals surface area contributed by atoms with Crippen LogP contribution in [0.15, 0.2) is 48.7 Å². The van der Waals surface area contributed by atoms with Crippen molar-refractivity contribution in [1.82, 2.24) is 4.98 Å². The number of hydrogen-bond donors (Lipinski definition) is 1. The first-order valence-electron chi connectivity index (χ1n) is 8.80. The maximum Gasteiger partial charge on any atom is 0.339 e. The van der Waals surface area contributed by atoms with E-state index in [0.29, 0.717) is 12.2 Å². The molecule has 1 aromatic carbocycles. The first-order valence-corrected chi connectivity index (χ1v) is 8.80. The molecule has 1 aliphatic heterocycles. The summed E-state index contributed by atoms with van der Waals surface area (Å²) in [5, 5.41) is 10.6. The summed E-state index contributed by atoms with van der Waals surface area (Å²) in [5.41, 5.74) is 1.46. The Bertz CT molecular complexity index is 680. The van der Waals surface area contributed by atoms with Crippen molar-refractivity contribution < 1.29 is 14.6 Å². The van der Waals surface area contributed by atoms with Crippen LogP contribution in [0.25, 0.3) is 0 Å². The number of rotatable bonds is 5. The van der Waals surface area contributed by atoms with Gasteiger partial charge in [-0.25, -0.2) is 9.78 Å². The highest BCUT2D eigenvalue weighted by Crippen LogP contribution is 2.31.